The quantitative estimate of drug-likeness (QED) is 0.889. The predicted molar refractivity (Wildman–Crippen MR) is 71.9 cm³/mol. The summed E-state index contributed by atoms with van der Waals surface area (Å²) in [7, 11) is 0. The maximum atomic E-state index is 12.5. The van der Waals surface area contributed by atoms with Gasteiger partial charge in [0.2, 0.25) is 0 Å². The van der Waals surface area contributed by atoms with Crippen molar-refractivity contribution in [3.63, 3.8) is 0 Å². The highest BCUT2D eigenvalue weighted by Gasteiger charge is 2.23. The highest BCUT2D eigenvalue weighted by molar-refractivity contribution is 5.99. The summed E-state index contributed by atoms with van der Waals surface area (Å²) >= 11 is 0. The van der Waals surface area contributed by atoms with E-state index in [9.17, 15) is 4.79 Å². The summed E-state index contributed by atoms with van der Waals surface area (Å²) in [6.07, 6.45) is 0.119. The van der Waals surface area contributed by atoms with Gasteiger partial charge in [-0.25, -0.2) is 0 Å². The van der Waals surface area contributed by atoms with E-state index >= 15 is 0 Å². The first-order chi connectivity index (χ1) is 8.72. The first-order valence-electron chi connectivity index (χ1n) is 6.46. The summed E-state index contributed by atoms with van der Waals surface area (Å²) in [6.45, 7) is 6.79. The number of anilines is 1. The van der Waals surface area contributed by atoms with Crippen LogP contribution in [0, 0.1) is 0 Å². The summed E-state index contributed by atoms with van der Waals surface area (Å²) in [6, 6.07) is 7.66. The zero-order valence-electron chi connectivity index (χ0n) is 11.0. The monoisotopic (exact) mass is 248 g/mol. The molecule has 4 nitrogen and oxygen atoms in total. The van der Waals surface area contributed by atoms with Gasteiger partial charge >= 0.3 is 0 Å². The van der Waals surface area contributed by atoms with Crippen molar-refractivity contribution in [3.05, 3.63) is 29.8 Å². The average Bonchev–Trinajstić information content (AvgIpc) is 2.39. The Morgan fingerprint density at radius 3 is 3.00 bits per heavy atom. The molecule has 0 spiro atoms. The van der Waals surface area contributed by atoms with Gasteiger partial charge in [0.05, 0.1) is 18.3 Å². The number of para-hydroxylation sites is 1. The highest BCUT2D eigenvalue weighted by Crippen LogP contribution is 2.18. The maximum Gasteiger partial charge on any atom is 0.256 e. The molecule has 1 aromatic carbocycles. The third-order valence-electron chi connectivity index (χ3n) is 3.05. The lowest BCUT2D eigenvalue weighted by molar-refractivity contribution is -0.0123. The number of nitrogens with zero attached hydrogens (tertiary/aromatic N) is 1. The van der Waals surface area contributed by atoms with E-state index in [0.717, 1.165) is 17.8 Å². The van der Waals surface area contributed by atoms with Crippen LogP contribution in [-0.4, -0.2) is 43.2 Å². The fourth-order valence-corrected chi connectivity index (χ4v) is 2.19. The smallest absolute Gasteiger partial charge is 0.256 e. The number of benzene rings is 1. The summed E-state index contributed by atoms with van der Waals surface area (Å²) in [4.78, 5) is 14.3. The minimum absolute atomic E-state index is 0.0849. The Kier molecular flexibility index (Phi) is 4.20. The third-order valence-corrected chi connectivity index (χ3v) is 3.05. The minimum Gasteiger partial charge on any atom is -0.385 e. The lowest BCUT2D eigenvalue weighted by Crippen LogP contribution is -2.44. The molecule has 1 unspecified atom stereocenters. The molecule has 1 saturated heterocycles. The van der Waals surface area contributed by atoms with Crippen molar-refractivity contribution in [2.75, 3.05) is 31.6 Å². The standard InChI is InChI=1S/C14H20N2O2/c1-3-15-13-7-5-4-6-12(13)14(17)16-8-9-18-11(2)10-16/h4-7,11,15H,3,8-10H2,1-2H3. The lowest BCUT2D eigenvalue weighted by Gasteiger charge is -2.31. The normalized spacial score (nSPS) is 19.7. The second-order valence-electron chi connectivity index (χ2n) is 4.51. The Morgan fingerprint density at radius 2 is 2.28 bits per heavy atom. The van der Waals surface area contributed by atoms with Crippen molar-refractivity contribution in [3.8, 4) is 0 Å². The number of amides is 1. The van der Waals surface area contributed by atoms with Crippen molar-refractivity contribution >= 4 is 11.6 Å². The van der Waals surface area contributed by atoms with Crippen LogP contribution in [0.15, 0.2) is 24.3 Å². The number of carbonyl (C=O) groups is 1. The summed E-state index contributed by atoms with van der Waals surface area (Å²) < 4.78 is 5.46. The van der Waals surface area contributed by atoms with Crippen molar-refractivity contribution in [1.82, 2.24) is 4.90 Å². The molecule has 1 aromatic rings. The van der Waals surface area contributed by atoms with Gasteiger partial charge in [0.15, 0.2) is 0 Å². The van der Waals surface area contributed by atoms with Gasteiger partial charge in [-0.3, -0.25) is 4.79 Å². The Bertz CT molecular complexity index is 420. The molecule has 0 aromatic heterocycles. The van der Waals surface area contributed by atoms with Gasteiger partial charge in [-0.2, -0.15) is 0 Å². The fourth-order valence-electron chi connectivity index (χ4n) is 2.19. The maximum absolute atomic E-state index is 12.5. The van der Waals surface area contributed by atoms with Crippen LogP contribution in [0.25, 0.3) is 0 Å². The van der Waals surface area contributed by atoms with Crippen LogP contribution in [0.2, 0.25) is 0 Å². The van der Waals surface area contributed by atoms with E-state index in [4.69, 9.17) is 4.74 Å². The van der Waals surface area contributed by atoms with Crippen LogP contribution in [0.5, 0.6) is 0 Å². The van der Waals surface area contributed by atoms with Crippen LogP contribution in [0.1, 0.15) is 24.2 Å². The van der Waals surface area contributed by atoms with Crippen LogP contribution in [0.4, 0.5) is 5.69 Å². The van der Waals surface area contributed by atoms with Gasteiger partial charge in [-0.05, 0) is 26.0 Å². The molecule has 4 heteroatoms. The molecule has 1 amide bonds. The second-order valence-corrected chi connectivity index (χ2v) is 4.51. The predicted octanol–water partition coefficient (Wildman–Crippen LogP) is 1.98. The zero-order valence-corrected chi connectivity index (χ0v) is 11.0. The first-order valence-corrected chi connectivity index (χ1v) is 6.46. The molecule has 0 saturated carbocycles. The van der Waals surface area contributed by atoms with Crippen molar-refractivity contribution in [2.45, 2.75) is 20.0 Å². The Morgan fingerprint density at radius 1 is 1.50 bits per heavy atom. The molecular formula is C14H20N2O2. The van der Waals surface area contributed by atoms with E-state index in [0.29, 0.717) is 19.7 Å². The van der Waals surface area contributed by atoms with Crippen LogP contribution >= 0.6 is 0 Å². The zero-order chi connectivity index (χ0) is 13.0. The van der Waals surface area contributed by atoms with E-state index in [1.807, 2.05) is 43.0 Å². The SMILES string of the molecule is CCNc1ccccc1C(=O)N1CCOC(C)C1. The Balaban J connectivity index is 2.17. The number of morpholine rings is 1. The number of hydrogen-bond donors (Lipinski definition) is 1. The van der Waals surface area contributed by atoms with E-state index in [-0.39, 0.29) is 12.0 Å². The molecule has 18 heavy (non-hydrogen) atoms. The molecule has 0 radical (unpaired) electrons. The Hall–Kier alpha value is -1.55. The van der Waals surface area contributed by atoms with E-state index < -0.39 is 0 Å². The van der Waals surface area contributed by atoms with Gasteiger partial charge in [0.1, 0.15) is 0 Å². The number of ether oxygens (including phenoxy) is 1. The first kappa shape index (κ1) is 12.9. The van der Waals surface area contributed by atoms with E-state index in [1.165, 1.54) is 0 Å². The van der Waals surface area contributed by atoms with E-state index in [1.54, 1.807) is 0 Å². The summed E-state index contributed by atoms with van der Waals surface area (Å²) in [5.74, 6) is 0.0849. The fraction of sp³-hybridized carbons (Fsp3) is 0.500. The largest absolute Gasteiger partial charge is 0.385 e. The van der Waals surface area contributed by atoms with Gasteiger partial charge in [0.25, 0.3) is 5.91 Å². The lowest BCUT2D eigenvalue weighted by atomic mass is 10.1. The topological polar surface area (TPSA) is 41.6 Å². The van der Waals surface area contributed by atoms with Crippen molar-refractivity contribution in [1.29, 1.82) is 0 Å². The van der Waals surface area contributed by atoms with Gasteiger partial charge in [0, 0.05) is 25.3 Å². The molecule has 1 aliphatic rings. The number of rotatable bonds is 3. The highest BCUT2D eigenvalue weighted by atomic mass is 16.5. The molecule has 1 N–H and O–H groups in total. The van der Waals surface area contributed by atoms with Crippen molar-refractivity contribution < 1.29 is 9.53 Å². The van der Waals surface area contributed by atoms with Crippen LogP contribution in [0.3, 0.4) is 0 Å². The molecule has 1 fully saturated rings. The molecule has 1 atom stereocenters. The van der Waals surface area contributed by atoms with Gasteiger partial charge in [-0.1, -0.05) is 12.1 Å². The van der Waals surface area contributed by atoms with Crippen LogP contribution in [-0.2, 0) is 4.74 Å². The molecule has 98 valence electrons. The molecule has 2 rings (SSSR count). The van der Waals surface area contributed by atoms with Crippen molar-refractivity contribution in [2.24, 2.45) is 0 Å². The summed E-state index contributed by atoms with van der Waals surface area (Å²) in [5.41, 5.74) is 1.65. The Labute approximate surface area is 108 Å². The molecule has 1 heterocycles. The average molecular weight is 248 g/mol. The number of carbonyl (C=O) groups excluding carboxylic acids is 1. The van der Waals surface area contributed by atoms with Crippen LogP contribution < -0.4 is 5.32 Å². The minimum atomic E-state index is 0.0849. The molecule has 1 aliphatic heterocycles. The van der Waals surface area contributed by atoms with Gasteiger partial charge < -0.3 is 15.0 Å². The van der Waals surface area contributed by atoms with Gasteiger partial charge in [-0.15, -0.1) is 0 Å². The second kappa shape index (κ2) is 5.87. The van der Waals surface area contributed by atoms with E-state index in [2.05, 4.69) is 5.32 Å². The number of hydrogen-bond acceptors (Lipinski definition) is 3. The third kappa shape index (κ3) is 2.82. The molecule has 0 bridgehead atoms. The molecular weight excluding hydrogens is 228 g/mol. The molecule has 0 aliphatic carbocycles. The number of nitrogens with one attached hydrogen (secondary N) is 1. The summed E-state index contributed by atoms with van der Waals surface area (Å²) in [5, 5.41) is 3.23.